The Labute approximate surface area is 191 Å². The molecule has 0 aliphatic carbocycles. The SMILES string of the molecule is Cc1cccc(CCCC([Si]c2ccccc2)[Si](c2ccccc2)c2ccccc2)c1. The van der Waals surface area contributed by atoms with Crippen molar-refractivity contribution in [1.82, 2.24) is 0 Å². The monoisotopic (exact) mass is 433 g/mol. The standard InChI is InChI=1S/C29H29Si2/c1-24-13-11-14-25(23-24)15-12-22-29(30-26-16-5-2-6-17-26)31(27-18-7-3-8-19-27)28-20-9-4-10-21-28/h2-11,13-14,16-21,23,29H,12,15,22H2,1H3. The normalized spacial score (nSPS) is 12.1. The zero-order chi connectivity index (χ0) is 21.3. The summed E-state index contributed by atoms with van der Waals surface area (Å²) in [5.74, 6) is 0. The Balaban J connectivity index is 1.61. The molecule has 0 saturated carbocycles. The van der Waals surface area contributed by atoms with Gasteiger partial charge in [0.05, 0.1) is 9.52 Å². The van der Waals surface area contributed by atoms with Gasteiger partial charge < -0.3 is 0 Å². The van der Waals surface area contributed by atoms with Gasteiger partial charge >= 0.3 is 0 Å². The summed E-state index contributed by atoms with van der Waals surface area (Å²) in [5, 5.41) is 5.23. The molecule has 0 saturated heterocycles. The summed E-state index contributed by atoms with van der Waals surface area (Å²) in [6.07, 6.45) is 3.66. The van der Waals surface area contributed by atoms with Crippen molar-refractivity contribution in [2.45, 2.75) is 31.4 Å². The molecule has 0 aliphatic rings. The molecule has 0 nitrogen and oxygen atoms in total. The highest BCUT2D eigenvalue weighted by atomic mass is 28.3. The van der Waals surface area contributed by atoms with E-state index in [1.165, 1.54) is 39.5 Å². The molecule has 0 fully saturated rings. The number of benzene rings is 4. The number of hydrogen-bond acceptors (Lipinski definition) is 0. The van der Waals surface area contributed by atoms with Crippen molar-refractivity contribution in [3.8, 4) is 0 Å². The smallest absolute Gasteiger partial charge is 0.0642 e. The van der Waals surface area contributed by atoms with E-state index in [1.807, 2.05) is 0 Å². The molecule has 153 valence electrons. The molecule has 2 heteroatoms. The third-order valence-corrected chi connectivity index (χ3v) is 11.2. The van der Waals surface area contributed by atoms with Crippen molar-refractivity contribution < 1.29 is 0 Å². The van der Waals surface area contributed by atoms with E-state index >= 15 is 0 Å². The Kier molecular flexibility index (Phi) is 7.70. The molecule has 4 aromatic carbocycles. The van der Waals surface area contributed by atoms with Crippen LogP contribution in [0.3, 0.4) is 0 Å². The van der Waals surface area contributed by atoms with Crippen LogP contribution in [0.25, 0.3) is 0 Å². The van der Waals surface area contributed by atoms with E-state index in [9.17, 15) is 0 Å². The molecule has 0 N–H and O–H groups in total. The minimum atomic E-state index is -0.885. The molecular weight excluding hydrogens is 404 g/mol. The maximum absolute atomic E-state index is 2.35. The van der Waals surface area contributed by atoms with Crippen molar-refractivity contribution in [3.63, 3.8) is 0 Å². The van der Waals surface area contributed by atoms with Crippen molar-refractivity contribution in [2.24, 2.45) is 0 Å². The molecule has 0 bridgehead atoms. The molecule has 3 radical (unpaired) electrons. The zero-order valence-electron chi connectivity index (χ0n) is 18.2. The summed E-state index contributed by atoms with van der Waals surface area (Å²) >= 11 is 0. The number of hydrogen-bond donors (Lipinski definition) is 0. The Bertz CT molecular complexity index is 1010. The van der Waals surface area contributed by atoms with Crippen LogP contribution in [0.4, 0.5) is 0 Å². The quantitative estimate of drug-likeness (QED) is 0.326. The summed E-state index contributed by atoms with van der Waals surface area (Å²) in [6, 6.07) is 42.6. The molecule has 1 atom stereocenters. The van der Waals surface area contributed by atoms with E-state index in [0.29, 0.717) is 5.16 Å². The fraction of sp³-hybridized carbons (Fsp3) is 0.172. The fourth-order valence-electron chi connectivity index (χ4n) is 4.21. The van der Waals surface area contributed by atoms with Crippen LogP contribution in [-0.2, 0) is 6.42 Å². The fourth-order valence-corrected chi connectivity index (χ4v) is 10.2. The first kappa shape index (κ1) is 21.5. The van der Waals surface area contributed by atoms with Gasteiger partial charge in [0.15, 0.2) is 0 Å². The average Bonchev–Trinajstić information content (AvgIpc) is 2.81. The van der Waals surface area contributed by atoms with Gasteiger partial charge in [-0.2, -0.15) is 0 Å². The van der Waals surface area contributed by atoms with Gasteiger partial charge in [-0.15, -0.1) is 0 Å². The molecule has 0 heterocycles. The largest absolute Gasteiger partial charge is 0.121 e. The van der Waals surface area contributed by atoms with Gasteiger partial charge in [0.1, 0.15) is 8.80 Å². The molecule has 0 aliphatic heterocycles. The van der Waals surface area contributed by atoms with Gasteiger partial charge in [-0.25, -0.2) is 0 Å². The summed E-state index contributed by atoms with van der Waals surface area (Å²) in [4.78, 5) is 0. The van der Waals surface area contributed by atoms with E-state index in [0.717, 1.165) is 15.9 Å². The Hall–Kier alpha value is -2.69. The zero-order valence-corrected chi connectivity index (χ0v) is 20.2. The van der Waals surface area contributed by atoms with Crippen molar-refractivity contribution in [1.29, 1.82) is 0 Å². The first-order valence-electron chi connectivity index (χ1n) is 11.1. The van der Waals surface area contributed by atoms with Crippen LogP contribution in [0, 0.1) is 6.92 Å². The second-order valence-corrected chi connectivity index (χ2v) is 12.9. The number of rotatable bonds is 9. The minimum absolute atomic E-state index is 0.682. The Morgan fingerprint density at radius 3 is 1.84 bits per heavy atom. The van der Waals surface area contributed by atoms with Gasteiger partial charge in [0.25, 0.3) is 0 Å². The lowest BCUT2D eigenvalue weighted by Gasteiger charge is -2.26. The molecule has 0 spiro atoms. The molecule has 4 aromatic rings. The van der Waals surface area contributed by atoms with Crippen molar-refractivity contribution in [2.75, 3.05) is 0 Å². The predicted octanol–water partition coefficient (Wildman–Crippen LogP) is 4.98. The van der Waals surface area contributed by atoms with E-state index < -0.39 is 8.80 Å². The summed E-state index contributed by atoms with van der Waals surface area (Å²) in [5.41, 5.74) is 2.83. The highest BCUT2D eigenvalue weighted by Gasteiger charge is 2.27. The van der Waals surface area contributed by atoms with Gasteiger partial charge in [-0.3, -0.25) is 0 Å². The maximum atomic E-state index is 2.35. The molecule has 4 rings (SSSR count). The Morgan fingerprint density at radius 1 is 0.677 bits per heavy atom. The lowest BCUT2D eigenvalue weighted by Crippen LogP contribution is -2.49. The van der Waals surface area contributed by atoms with Crippen LogP contribution >= 0.6 is 0 Å². The molecule has 31 heavy (non-hydrogen) atoms. The maximum Gasteiger partial charge on any atom is 0.121 e. The topological polar surface area (TPSA) is 0 Å². The number of aryl methyl sites for hydroxylation is 2. The van der Waals surface area contributed by atoms with Crippen molar-refractivity contribution >= 4 is 33.9 Å². The third kappa shape index (κ3) is 6.16. The lowest BCUT2D eigenvalue weighted by molar-refractivity contribution is 0.766. The molecule has 0 amide bonds. The van der Waals surface area contributed by atoms with Crippen LogP contribution in [-0.4, -0.2) is 18.3 Å². The molecular formula is C29H29Si2. The van der Waals surface area contributed by atoms with Gasteiger partial charge in [-0.1, -0.05) is 143 Å². The minimum Gasteiger partial charge on any atom is -0.0642 e. The Morgan fingerprint density at radius 2 is 1.26 bits per heavy atom. The van der Waals surface area contributed by atoms with Crippen LogP contribution in [0.2, 0.25) is 5.16 Å². The highest BCUT2D eigenvalue weighted by Crippen LogP contribution is 2.20. The summed E-state index contributed by atoms with van der Waals surface area (Å²) < 4.78 is 0. The van der Waals surface area contributed by atoms with Crippen molar-refractivity contribution in [3.05, 3.63) is 126 Å². The second kappa shape index (κ2) is 11.1. The lowest BCUT2D eigenvalue weighted by atomic mass is 10.1. The van der Waals surface area contributed by atoms with Gasteiger partial charge in [-0.05, 0) is 30.5 Å². The first-order valence-corrected chi connectivity index (χ1v) is 13.8. The highest BCUT2D eigenvalue weighted by molar-refractivity contribution is 6.93. The van der Waals surface area contributed by atoms with Gasteiger partial charge in [0, 0.05) is 0 Å². The van der Waals surface area contributed by atoms with E-state index in [4.69, 9.17) is 0 Å². The van der Waals surface area contributed by atoms with Gasteiger partial charge in [0.2, 0.25) is 0 Å². The van der Waals surface area contributed by atoms with E-state index in [-0.39, 0.29) is 0 Å². The molecule has 1 unspecified atom stereocenters. The van der Waals surface area contributed by atoms with E-state index in [1.54, 1.807) is 0 Å². The van der Waals surface area contributed by atoms with Crippen LogP contribution in [0.15, 0.2) is 115 Å². The van der Waals surface area contributed by atoms with Crippen LogP contribution in [0.1, 0.15) is 24.0 Å². The van der Waals surface area contributed by atoms with Crippen LogP contribution < -0.4 is 15.6 Å². The first-order chi connectivity index (χ1) is 15.3. The average molecular weight is 434 g/mol. The van der Waals surface area contributed by atoms with E-state index in [2.05, 4.69) is 122 Å². The summed E-state index contributed by atoms with van der Waals surface area (Å²) in [7, 11) is -0.0479. The van der Waals surface area contributed by atoms with Crippen LogP contribution in [0.5, 0.6) is 0 Å². The molecule has 0 aromatic heterocycles. The predicted molar refractivity (Wildman–Crippen MR) is 138 cm³/mol. The second-order valence-electron chi connectivity index (χ2n) is 8.09. The summed E-state index contributed by atoms with van der Waals surface area (Å²) in [6.45, 7) is 2.19. The third-order valence-electron chi connectivity index (χ3n) is 5.67.